The zero-order valence-electron chi connectivity index (χ0n) is 18.1. The van der Waals surface area contributed by atoms with Crippen LogP contribution in [0.3, 0.4) is 0 Å². The molecule has 1 aliphatic rings. The summed E-state index contributed by atoms with van der Waals surface area (Å²) in [6.07, 6.45) is 1.58. The average molecular weight is 430 g/mol. The molecule has 0 spiro atoms. The molecule has 1 unspecified atom stereocenters. The summed E-state index contributed by atoms with van der Waals surface area (Å²) in [4.78, 5) is 18.7. The number of carbonyl (C=O) groups excluding carboxylic acids is 1. The van der Waals surface area contributed by atoms with Crippen LogP contribution in [0.4, 0.5) is 0 Å². The van der Waals surface area contributed by atoms with E-state index in [0.29, 0.717) is 24.8 Å². The Bertz CT molecular complexity index is 817. The summed E-state index contributed by atoms with van der Waals surface area (Å²) in [6, 6.07) is 11.9. The van der Waals surface area contributed by atoms with E-state index in [1.807, 2.05) is 18.2 Å². The van der Waals surface area contributed by atoms with Gasteiger partial charge in [-0.3, -0.25) is 14.7 Å². The smallest absolute Gasteiger partial charge is 0.239 e. The largest absolute Gasteiger partial charge is 0.497 e. The van der Waals surface area contributed by atoms with E-state index in [4.69, 9.17) is 13.9 Å². The minimum Gasteiger partial charge on any atom is -0.497 e. The first-order valence-electron chi connectivity index (χ1n) is 10.4. The molecule has 1 atom stereocenters. The number of hydrogen-bond acceptors (Lipinski definition) is 6. The SMILES string of the molecule is CN=C(NCC(=O)NCc1ccco1)NCC(c1ccc(OC)cc1)N1CCOCC1. The molecule has 3 N–H and O–H groups in total. The maximum Gasteiger partial charge on any atom is 0.239 e. The number of rotatable bonds is 9. The quantitative estimate of drug-likeness (QED) is 0.406. The number of nitrogens with one attached hydrogen (secondary N) is 3. The lowest BCUT2D eigenvalue weighted by molar-refractivity contribution is -0.120. The van der Waals surface area contributed by atoms with Gasteiger partial charge >= 0.3 is 0 Å². The molecule has 1 aromatic heterocycles. The normalized spacial score (nSPS) is 15.9. The van der Waals surface area contributed by atoms with Gasteiger partial charge in [0.05, 0.1) is 45.7 Å². The first kappa shape index (κ1) is 22.6. The second-order valence-corrected chi connectivity index (χ2v) is 7.10. The fraction of sp³-hybridized carbons (Fsp3) is 0.455. The summed E-state index contributed by atoms with van der Waals surface area (Å²) in [6.45, 7) is 4.27. The van der Waals surface area contributed by atoms with Crippen LogP contribution in [0.15, 0.2) is 52.1 Å². The molecule has 0 saturated carbocycles. The van der Waals surface area contributed by atoms with Crippen LogP contribution in [-0.4, -0.2) is 70.3 Å². The molecule has 1 fully saturated rings. The van der Waals surface area contributed by atoms with E-state index >= 15 is 0 Å². The van der Waals surface area contributed by atoms with E-state index in [1.165, 1.54) is 5.56 Å². The minimum absolute atomic E-state index is 0.116. The van der Waals surface area contributed by atoms with Crippen LogP contribution in [0.5, 0.6) is 5.75 Å². The van der Waals surface area contributed by atoms with Crippen LogP contribution < -0.4 is 20.7 Å². The second kappa shape index (κ2) is 12.0. The average Bonchev–Trinajstić information content (AvgIpc) is 3.34. The molecule has 2 aromatic rings. The number of morpholine rings is 1. The number of benzene rings is 1. The number of guanidine groups is 1. The topological polar surface area (TPSA) is 100 Å². The summed E-state index contributed by atoms with van der Waals surface area (Å²) in [5.74, 6) is 1.97. The van der Waals surface area contributed by atoms with E-state index in [1.54, 1.807) is 26.5 Å². The highest BCUT2D eigenvalue weighted by atomic mass is 16.5. The van der Waals surface area contributed by atoms with Crippen molar-refractivity contribution in [1.82, 2.24) is 20.9 Å². The number of aliphatic imine (C=N–C) groups is 1. The van der Waals surface area contributed by atoms with E-state index in [-0.39, 0.29) is 18.5 Å². The van der Waals surface area contributed by atoms with Crippen molar-refractivity contribution in [3.8, 4) is 5.75 Å². The summed E-state index contributed by atoms with van der Waals surface area (Å²) in [7, 11) is 3.35. The lowest BCUT2D eigenvalue weighted by Crippen LogP contribution is -2.47. The number of furan rings is 1. The molecule has 0 bridgehead atoms. The number of carbonyl (C=O) groups is 1. The predicted molar refractivity (Wildman–Crippen MR) is 118 cm³/mol. The second-order valence-electron chi connectivity index (χ2n) is 7.10. The van der Waals surface area contributed by atoms with Gasteiger partial charge in [0.15, 0.2) is 5.96 Å². The van der Waals surface area contributed by atoms with Crippen LogP contribution in [0.25, 0.3) is 0 Å². The lowest BCUT2D eigenvalue weighted by atomic mass is 10.0. The molecular weight excluding hydrogens is 398 g/mol. The zero-order chi connectivity index (χ0) is 21.9. The van der Waals surface area contributed by atoms with Crippen LogP contribution >= 0.6 is 0 Å². The number of ether oxygens (including phenoxy) is 2. The molecule has 0 radical (unpaired) electrons. The standard InChI is InChI=1S/C22H31N5O4/c1-23-22(26-16-21(28)24-14-19-4-3-11-31-19)25-15-20(27-9-12-30-13-10-27)17-5-7-18(29-2)8-6-17/h3-8,11,20H,9-10,12-16H2,1-2H3,(H,24,28)(H2,23,25,26). The van der Waals surface area contributed by atoms with Crippen molar-refractivity contribution in [2.45, 2.75) is 12.6 Å². The Morgan fingerprint density at radius 1 is 1.16 bits per heavy atom. The Balaban J connectivity index is 1.53. The van der Waals surface area contributed by atoms with Gasteiger partial charge in [0, 0.05) is 26.7 Å². The van der Waals surface area contributed by atoms with E-state index in [2.05, 4.69) is 38.0 Å². The molecule has 1 aromatic carbocycles. The molecule has 168 valence electrons. The number of amides is 1. The van der Waals surface area contributed by atoms with Gasteiger partial charge in [0.25, 0.3) is 0 Å². The summed E-state index contributed by atoms with van der Waals surface area (Å²) >= 11 is 0. The van der Waals surface area contributed by atoms with Crippen LogP contribution in [0.2, 0.25) is 0 Å². The molecule has 1 saturated heterocycles. The van der Waals surface area contributed by atoms with Gasteiger partial charge in [-0.2, -0.15) is 0 Å². The van der Waals surface area contributed by atoms with Crippen molar-refractivity contribution in [3.05, 3.63) is 54.0 Å². The van der Waals surface area contributed by atoms with E-state index in [9.17, 15) is 4.79 Å². The number of methoxy groups -OCH3 is 1. The Kier molecular flexibility index (Phi) is 8.74. The van der Waals surface area contributed by atoms with Crippen molar-refractivity contribution >= 4 is 11.9 Å². The van der Waals surface area contributed by atoms with Crippen LogP contribution in [0, 0.1) is 0 Å². The molecule has 2 heterocycles. The maximum absolute atomic E-state index is 12.1. The Morgan fingerprint density at radius 2 is 1.94 bits per heavy atom. The third-order valence-electron chi connectivity index (χ3n) is 5.13. The van der Waals surface area contributed by atoms with E-state index in [0.717, 1.165) is 32.1 Å². The highest BCUT2D eigenvalue weighted by Crippen LogP contribution is 2.23. The molecule has 31 heavy (non-hydrogen) atoms. The Hall–Kier alpha value is -3.04. The summed E-state index contributed by atoms with van der Waals surface area (Å²) in [5, 5.41) is 9.21. The van der Waals surface area contributed by atoms with Gasteiger partial charge in [-0.05, 0) is 29.8 Å². The van der Waals surface area contributed by atoms with Gasteiger partial charge < -0.3 is 29.8 Å². The van der Waals surface area contributed by atoms with Gasteiger partial charge in [0.1, 0.15) is 11.5 Å². The van der Waals surface area contributed by atoms with Crippen molar-refractivity contribution in [2.75, 3.05) is 53.6 Å². The first-order chi connectivity index (χ1) is 15.2. The summed E-state index contributed by atoms with van der Waals surface area (Å²) < 4.78 is 16.0. The maximum atomic E-state index is 12.1. The van der Waals surface area contributed by atoms with Gasteiger partial charge in [-0.1, -0.05) is 12.1 Å². The highest BCUT2D eigenvalue weighted by molar-refractivity contribution is 5.86. The molecule has 9 nitrogen and oxygen atoms in total. The molecule has 0 aliphatic carbocycles. The molecule has 9 heteroatoms. The molecule has 1 aliphatic heterocycles. The van der Waals surface area contributed by atoms with E-state index < -0.39 is 0 Å². The zero-order valence-corrected chi connectivity index (χ0v) is 18.1. The molecule has 1 amide bonds. The van der Waals surface area contributed by atoms with Crippen molar-refractivity contribution in [2.24, 2.45) is 4.99 Å². The van der Waals surface area contributed by atoms with Crippen molar-refractivity contribution in [3.63, 3.8) is 0 Å². The molecular formula is C22H31N5O4. The predicted octanol–water partition coefficient (Wildman–Crippen LogP) is 1.14. The van der Waals surface area contributed by atoms with Gasteiger partial charge in [0.2, 0.25) is 5.91 Å². The fourth-order valence-corrected chi connectivity index (χ4v) is 3.41. The summed E-state index contributed by atoms with van der Waals surface area (Å²) in [5.41, 5.74) is 1.18. The lowest BCUT2D eigenvalue weighted by Gasteiger charge is -2.35. The van der Waals surface area contributed by atoms with Crippen LogP contribution in [-0.2, 0) is 16.1 Å². The minimum atomic E-state index is -0.140. The third kappa shape index (κ3) is 7.01. The van der Waals surface area contributed by atoms with Crippen LogP contribution in [0.1, 0.15) is 17.4 Å². The monoisotopic (exact) mass is 429 g/mol. The third-order valence-corrected chi connectivity index (χ3v) is 5.13. The Morgan fingerprint density at radius 3 is 2.58 bits per heavy atom. The highest BCUT2D eigenvalue weighted by Gasteiger charge is 2.23. The fourth-order valence-electron chi connectivity index (χ4n) is 3.41. The van der Waals surface area contributed by atoms with Crippen molar-refractivity contribution < 1.29 is 18.7 Å². The van der Waals surface area contributed by atoms with Crippen molar-refractivity contribution in [1.29, 1.82) is 0 Å². The van der Waals surface area contributed by atoms with Gasteiger partial charge in [-0.25, -0.2) is 0 Å². The number of hydrogen-bond donors (Lipinski definition) is 3. The molecule has 3 rings (SSSR count). The first-order valence-corrected chi connectivity index (χ1v) is 10.4. The Labute approximate surface area is 182 Å². The van der Waals surface area contributed by atoms with Gasteiger partial charge in [-0.15, -0.1) is 0 Å². The number of nitrogens with zero attached hydrogens (tertiary/aromatic N) is 2.